The highest BCUT2D eigenvalue weighted by Crippen LogP contribution is 2.22. The molecule has 0 bridgehead atoms. The summed E-state index contributed by atoms with van der Waals surface area (Å²) in [4.78, 5) is 6.11. The SMILES string of the molecule is CSc1cc(C)ccc1CN=C(NCCc1ccco1)NCC1CCOC1.I. The third-order valence-corrected chi connectivity index (χ3v) is 5.50. The first-order valence-corrected chi connectivity index (χ1v) is 10.7. The van der Waals surface area contributed by atoms with E-state index in [1.54, 1.807) is 18.0 Å². The molecule has 1 unspecified atom stereocenters. The van der Waals surface area contributed by atoms with Gasteiger partial charge in [0.15, 0.2) is 5.96 Å². The van der Waals surface area contributed by atoms with Crippen molar-refractivity contribution in [3.63, 3.8) is 0 Å². The monoisotopic (exact) mass is 515 g/mol. The molecule has 1 aromatic carbocycles. The summed E-state index contributed by atoms with van der Waals surface area (Å²) >= 11 is 1.77. The smallest absolute Gasteiger partial charge is 0.191 e. The molecule has 3 rings (SSSR count). The van der Waals surface area contributed by atoms with Crippen molar-refractivity contribution < 1.29 is 9.15 Å². The second-order valence-electron chi connectivity index (χ2n) is 6.85. The van der Waals surface area contributed by atoms with E-state index in [1.807, 2.05) is 12.1 Å². The summed E-state index contributed by atoms with van der Waals surface area (Å²) in [5.41, 5.74) is 2.53. The van der Waals surface area contributed by atoms with Crippen molar-refractivity contribution in [1.29, 1.82) is 0 Å². The minimum atomic E-state index is 0. The Morgan fingerprint density at radius 3 is 2.89 bits per heavy atom. The number of rotatable bonds is 8. The highest BCUT2D eigenvalue weighted by atomic mass is 127. The van der Waals surface area contributed by atoms with Crippen LogP contribution >= 0.6 is 35.7 Å². The van der Waals surface area contributed by atoms with Gasteiger partial charge < -0.3 is 19.8 Å². The van der Waals surface area contributed by atoms with Gasteiger partial charge in [-0.25, -0.2) is 4.99 Å². The van der Waals surface area contributed by atoms with Crippen molar-refractivity contribution in [3.8, 4) is 0 Å². The van der Waals surface area contributed by atoms with Gasteiger partial charge in [-0.2, -0.15) is 0 Å². The molecule has 0 amide bonds. The van der Waals surface area contributed by atoms with Gasteiger partial charge in [-0.3, -0.25) is 0 Å². The number of aryl methyl sites for hydroxylation is 1. The summed E-state index contributed by atoms with van der Waals surface area (Å²) in [6, 6.07) is 10.5. The Balaban J connectivity index is 0.00000280. The lowest BCUT2D eigenvalue weighted by Gasteiger charge is -2.15. The molecule has 2 heterocycles. The van der Waals surface area contributed by atoms with Crippen LogP contribution in [0.3, 0.4) is 0 Å². The molecule has 0 aliphatic carbocycles. The Bertz CT molecular complexity index is 731. The summed E-state index contributed by atoms with van der Waals surface area (Å²) < 4.78 is 10.9. The van der Waals surface area contributed by atoms with Gasteiger partial charge in [0.2, 0.25) is 0 Å². The summed E-state index contributed by atoms with van der Waals surface area (Å²) in [7, 11) is 0. The van der Waals surface area contributed by atoms with Crippen LogP contribution in [0.2, 0.25) is 0 Å². The Kier molecular flexibility index (Phi) is 10.2. The number of nitrogens with one attached hydrogen (secondary N) is 2. The highest BCUT2D eigenvalue weighted by molar-refractivity contribution is 14.0. The van der Waals surface area contributed by atoms with Crippen molar-refractivity contribution in [1.82, 2.24) is 10.6 Å². The van der Waals surface area contributed by atoms with Gasteiger partial charge >= 0.3 is 0 Å². The third kappa shape index (κ3) is 7.33. The Morgan fingerprint density at radius 1 is 1.29 bits per heavy atom. The molecule has 28 heavy (non-hydrogen) atoms. The average Bonchev–Trinajstić information content (AvgIpc) is 3.38. The molecular weight excluding hydrogens is 485 g/mol. The number of hydrogen-bond donors (Lipinski definition) is 2. The number of thioether (sulfide) groups is 1. The van der Waals surface area contributed by atoms with E-state index in [9.17, 15) is 0 Å². The fraction of sp³-hybridized carbons (Fsp3) is 0.476. The minimum absolute atomic E-state index is 0. The molecule has 5 nitrogen and oxygen atoms in total. The zero-order valence-electron chi connectivity index (χ0n) is 16.6. The van der Waals surface area contributed by atoms with Gasteiger partial charge in [-0.05, 0) is 48.9 Å². The Labute approximate surface area is 189 Å². The van der Waals surface area contributed by atoms with Crippen molar-refractivity contribution in [2.45, 2.75) is 31.2 Å². The summed E-state index contributed by atoms with van der Waals surface area (Å²) in [5.74, 6) is 2.39. The Hall–Kier alpha value is -1.19. The maximum Gasteiger partial charge on any atom is 0.191 e. The second-order valence-corrected chi connectivity index (χ2v) is 7.69. The van der Waals surface area contributed by atoms with Crippen molar-refractivity contribution in [3.05, 3.63) is 53.5 Å². The normalized spacial score (nSPS) is 16.6. The summed E-state index contributed by atoms with van der Waals surface area (Å²) in [6.07, 6.45) is 5.77. The van der Waals surface area contributed by atoms with E-state index in [2.05, 4.69) is 42.0 Å². The summed E-state index contributed by atoms with van der Waals surface area (Å²) in [6.45, 7) is 6.15. The van der Waals surface area contributed by atoms with Gasteiger partial charge in [0.25, 0.3) is 0 Å². The molecule has 0 spiro atoms. The fourth-order valence-electron chi connectivity index (χ4n) is 3.07. The molecule has 1 aliphatic rings. The third-order valence-electron chi connectivity index (χ3n) is 4.68. The molecule has 1 fully saturated rings. The lowest BCUT2D eigenvalue weighted by Crippen LogP contribution is -2.40. The lowest BCUT2D eigenvalue weighted by molar-refractivity contribution is 0.186. The highest BCUT2D eigenvalue weighted by Gasteiger charge is 2.15. The van der Waals surface area contributed by atoms with E-state index in [4.69, 9.17) is 14.1 Å². The number of hydrogen-bond acceptors (Lipinski definition) is 4. The van der Waals surface area contributed by atoms with Crippen LogP contribution in [-0.4, -0.2) is 38.5 Å². The number of ether oxygens (including phenoxy) is 1. The number of guanidine groups is 1. The molecule has 2 N–H and O–H groups in total. The van der Waals surface area contributed by atoms with Gasteiger partial charge in [-0.15, -0.1) is 35.7 Å². The van der Waals surface area contributed by atoms with Gasteiger partial charge in [0.1, 0.15) is 5.76 Å². The predicted molar refractivity (Wildman–Crippen MR) is 127 cm³/mol. The van der Waals surface area contributed by atoms with Crippen LogP contribution in [0.25, 0.3) is 0 Å². The molecular formula is C21H30IN3O2S. The van der Waals surface area contributed by atoms with Crippen LogP contribution in [0.5, 0.6) is 0 Å². The molecule has 7 heteroatoms. The molecule has 2 aromatic rings. The number of nitrogens with zero attached hydrogens (tertiary/aromatic N) is 1. The van der Waals surface area contributed by atoms with E-state index in [-0.39, 0.29) is 24.0 Å². The molecule has 1 aromatic heterocycles. The van der Waals surface area contributed by atoms with Crippen LogP contribution in [0.15, 0.2) is 50.9 Å². The van der Waals surface area contributed by atoms with E-state index < -0.39 is 0 Å². The maximum atomic E-state index is 5.47. The molecule has 0 saturated carbocycles. The van der Waals surface area contributed by atoms with Crippen LogP contribution in [0.1, 0.15) is 23.3 Å². The van der Waals surface area contributed by atoms with Gasteiger partial charge in [-0.1, -0.05) is 12.1 Å². The van der Waals surface area contributed by atoms with Crippen LogP contribution in [0, 0.1) is 12.8 Å². The quantitative estimate of drug-likeness (QED) is 0.239. The number of halogens is 1. The summed E-state index contributed by atoms with van der Waals surface area (Å²) in [5, 5.41) is 6.91. The van der Waals surface area contributed by atoms with Crippen molar-refractivity contribution in [2.24, 2.45) is 10.9 Å². The van der Waals surface area contributed by atoms with E-state index in [0.717, 1.165) is 50.9 Å². The first kappa shape index (κ1) is 23.1. The van der Waals surface area contributed by atoms with Crippen LogP contribution in [0.4, 0.5) is 0 Å². The number of furan rings is 1. The zero-order chi connectivity index (χ0) is 18.9. The van der Waals surface area contributed by atoms with Crippen molar-refractivity contribution >= 4 is 41.7 Å². The van der Waals surface area contributed by atoms with Gasteiger partial charge in [0, 0.05) is 36.9 Å². The average molecular weight is 515 g/mol. The van der Waals surface area contributed by atoms with Gasteiger partial charge in [0.05, 0.1) is 19.4 Å². The van der Waals surface area contributed by atoms with Crippen molar-refractivity contribution in [2.75, 3.05) is 32.6 Å². The Morgan fingerprint density at radius 2 is 2.18 bits per heavy atom. The predicted octanol–water partition coefficient (Wildman–Crippen LogP) is 4.24. The lowest BCUT2D eigenvalue weighted by atomic mass is 10.1. The first-order valence-electron chi connectivity index (χ1n) is 9.50. The second kappa shape index (κ2) is 12.4. The standard InChI is InChI=1S/C21H29N3O2S.HI/c1-16-5-6-18(20(12-16)27-2)14-24-21(23-13-17-8-11-25-15-17)22-9-7-19-4-3-10-26-19;/h3-6,10,12,17H,7-9,11,13-15H2,1-2H3,(H2,22,23,24);1H. The molecule has 1 aliphatic heterocycles. The molecule has 0 radical (unpaired) electrons. The van der Waals surface area contributed by atoms with E-state index in [0.29, 0.717) is 12.5 Å². The molecule has 1 atom stereocenters. The van der Waals surface area contributed by atoms with Crippen LogP contribution in [-0.2, 0) is 17.7 Å². The largest absolute Gasteiger partial charge is 0.469 e. The van der Waals surface area contributed by atoms with E-state index in [1.165, 1.54) is 16.0 Å². The number of benzene rings is 1. The fourth-order valence-corrected chi connectivity index (χ4v) is 3.76. The van der Waals surface area contributed by atoms with E-state index >= 15 is 0 Å². The first-order chi connectivity index (χ1) is 13.2. The van der Waals surface area contributed by atoms with Crippen LogP contribution < -0.4 is 10.6 Å². The molecule has 154 valence electrons. The topological polar surface area (TPSA) is 58.8 Å². The maximum absolute atomic E-state index is 5.47. The minimum Gasteiger partial charge on any atom is -0.469 e. The zero-order valence-corrected chi connectivity index (χ0v) is 19.7. The number of aliphatic imine (C=N–C) groups is 1. The molecule has 1 saturated heterocycles.